The van der Waals surface area contributed by atoms with Crippen molar-refractivity contribution in [1.82, 2.24) is 24.5 Å². The summed E-state index contributed by atoms with van der Waals surface area (Å²) >= 11 is 0. The van der Waals surface area contributed by atoms with Crippen LogP contribution >= 0.6 is 0 Å². The van der Waals surface area contributed by atoms with Crippen LogP contribution in [-0.2, 0) is 23.9 Å². The minimum Gasteiger partial charge on any atom is -0.335 e. The Bertz CT molecular complexity index is 1170. The lowest BCUT2D eigenvalue weighted by atomic mass is 9.93. The Hall–Kier alpha value is -3.04. The van der Waals surface area contributed by atoms with E-state index in [2.05, 4.69) is 15.1 Å². The van der Waals surface area contributed by atoms with Crippen LogP contribution in [0.4, 0.5) is 17.6 Å². The summed E-state index contributed by atoms with van der Waals surface area (Å²) in [6.07, 6.45) is 0.979. The Morgan fingerprint density at radius 1 is 1.09 bits per heavy atom. The van der Waals surface area contributed by atoms with Gasteiger partial charge in [-0.15, -0.1) is 5.10 Å². The molecule has 1 aliphatic carbocycles. The van der Waals surface area contributed by atoms with Crippen LogP contribution in [0.1, 0.15) is 66.9 Å². The number of fused-ring (bicyclic) bond motifs is 1. The topological polar surface area (TPSA) is 63.4 Å². The Kier molecular flexibility index (Phi) is 6.86. The molecule has 34 heavy (non-hydrogen) atoms. The predicted molar refractivity (Wildman–Crippen MR) is 117 cm³/mol. The second kappa shape index (κ2) is 9.68. The average molecular weight is 478 g/mol. The highest BCUT2D eigenvalue weighted by molar-refractivity contribution is 5.77. The first-order chi connectivity index (χ1) is 16.1. The van der Waals surface area contributed by atoms with E-state index < -0.39 is 12.0 Å². The number of halogens is 4. The summed E-state index contributed by atoms with van der Waals surface area (Å²) in [6, 6.07) is 6.28. The van der Waals surface area contributed by atoms with Gasteiger partial charge in [-0.25, -0.2) is 13.9 Å². The van der Waals surface area contributed by atoms with Crippen molar-refractivity contribution in [3.8, 4) is 0 Å². The van der Waals surface area contributed by atoms with E-state index in [0.29, 0.717) is 29.9 Å². The Morgan fingerprint density at radius 2 is 1.76 bits per heavy atom. The number of rotatable bonds is 6. The van der Waals surface area contributed by atoms with Crippen molar-refractivity contribution in [3.63, 3.8) is 0 Å². The van der Waals surface area contributed by atoms with Crippen LogP contribution in [0.2, 0.25) is 0 Å². The number of hydrogen-bond acceptors (Lipinski definition) is 4. The standard InChI is InChI=1S/C24H27F4N5O/c1-15-20(16(2)33-23(29-15)30-22(31-33)24(26,27)28)12-13-21(34)32(19-6-4-3-5-7-19)14-17-8-10-18(25)11-9-17/h8-11,19H,3-7,12-14H2,1-2H3. The van der Waals surface area contributed by atoms with Gasteiger partial charge in [-0.1, -0.05) is 31.4 Å². The fraction of sp³-hybridized carbons (Fsp3) is 0.500. The van der Waals surface area contributed by atoms with Gasteiger partial charge in [0.05, 0.1) is 0 Å². The molecule has 0 atom stereocenters. The van der Waals surface area contributed by atoms with Crippen molar-refractivity contribution in [3.05, 3.63) is 58.4 Å². The second-order valence-electron chi connectivity index (χ2n) is 8.85. The molecule has 1 saturated carbocycles. The maximum atomic E-state index is 13.4. The summed E-state index contributed by atoms with van der Waals surface area (Å²) in [4.78, 5) is 22.9. The zero-order valence-corrected chi connectivity index (χ0v) is 19.2. The van der Waals surface area contributed by atoms with Gasteiger partial charge in [0.25, 0.3) is 11.6 Å². The summed E-state index contributed by atoms with van der Waals surface area (Å²) in [5.74, 6) is -1.71. The highest BCUT2D eigenvalue weighted by Gasteiger charge is 2.37. The first-order valence-electron chi connectivity index (χ1n) is 11.5. The molecule has 10 heteroatoms. The van der Waals surface area contributed by atoms with E-state index in [0.717, 1.165) is 42.2 Å². The number of hydrogen-bond donors (Lipinski definition) is 0. The Labute approximate surface area is 195 Å². The van der Waals surface area contributed by atoms with Gasteiger partial charge in [0.15, 0.2) is 0 Å². The number of nitrogens with zero attached hydrogens (tertiary/aromatic N) is 5. The number of amides is 1. The Morgan fingerprint density at radius 3 is 2.41 bits per heavy atom. The summed E-state index contributed by atoms with van der Waals surface area (Å²) in [5.41, 5.74) is 2.56. The van der Waals surface area contributed by atoms with Gasteiger partial charge in [0.1, 0.15) is 5.82 Å². The monoisotopic (exact) mass is 477 g/mol. The summed E-state index contributed by atoms with van der Waals surface area (Å²) < 4.78 is 53.6. The van der Waals surface area contributed by atoms with Gasteiger partial charge in [-0.05, 0) is 56.4 Å². The predicted octanol–water partition coefficient (Wildman–Crippen LogP) is 5.19. The molecule has 3 aromatic rings. The van der Waals surface area contributed by atoms with Gasteiger partial charge < -0.3 is 4.90 Å². The number of aryl methyl sites for hydroxylation is 2. The lowest BCUT2D eigenvalue weighted by molar-refractivity contribution is -0.144. The molecule has 1 aromatic carbocycles. The van der Waals surface area contributed by atoms with E-state index in [9.17, 15) is 22.4 Å². The molecule has 0 N–H and O–H groups in total. The van der Waals surface area contributed by atoms with Crippen LogP contribution in [0.25, 0.3) is 5.78 Å². The van der Waals surface area contributed by atoms with Gasteiger partial charge >= 0.3 is 6.18 Å². The molecule has 182 valence electrons. The molecule has 0 bridgehead atoms. The fourth-order valence-electron chi connectivity index (χ4n) is 4.67. The SMILES string of the molecule is Cc1nc2nc(C(F)(F)F)nn2c(C)c1CCC(=O)N(Cc1ccc(F)cc1)C1CCCCC1. The molecular formula is C24H27F4N5O. The minimum atomic E-state index is -4.66. The lowest BCUT2D eigenvalue weighted by Gasteiger charge is -2.35. The van der Waals surface area contributed by atoms with E-state index in [4.69, 9.17) is 0 Å². The summed E-state index contributed by atoms with van der Waals surface area (Å²) in [5, 5.41) is 3.58. The van der Waals surface area contributed by atoms with E-state index in [1.54, 1.807) is 26.0 Å². The molecule has 1 fully saturated rings. The van der Waals surface area contributed by atoms with Crippen LogP contribution in [0.15, 0.2) is 24.3 Å². The van der Waals surface area contributed by atoms with Crippen LogP contribution in [0.5, 0.6) is 0 Å². The molecule has 1 aliphatic rings. The van der Waals surface area contributed by atoms with Crippen molar-refractivity contribution in [2.24, 2.45) is 0 Å². The van der Waals surface area contributed by atoms with Crippen molar-refractivity contribution < 1.29 is 22.4 Å². The highest BCUT2D eigenvalue weighted by atomic mass is 19.4. The van der Waals surface area contributed by atoms with E-state index in [1.807, 2.05) is 4.90 Å². The molecule has 0 aliphatic heterocycles. The number of benzene rings is 1. The molecule has 1 amide bonds. The number of carbonyl (C=O) groups excluding carboxylic acids is 1. The minimum absolute atomic E-state index is 0.0373. The number of alkyl halides is 3. The highest BCUT2D eigenvalue weighted by Crippen LogP contribution is 2.28. The fourth-order valence-corrected chi connectivity index (χ4v) is 4.67. The number of carbonyl (C=O) groups is 1. The van der Waals surface area contributed by atoms with Crippen molar-refractivity contribution >= 4 is 11.7 Å². The second-order valence-corrected chi connectivity index (χ2v) is 8.85. The molecular weight excluding hydrogens is 450 g/mol. The third-order valence-electron chi connectivity index (χ3n) is 6.49. The molecule has 6 nitrogen and oxygen atoms in total. The van der Waals surface area contributed by atoms with Gasteiger partial charge in [-0.3, -0.25) is 4.79 Å². The third kappa shape index (κ3) is 5.20. The van der Waals surface area contributed by atoms with E-state index >= 15 is 0 Å². The van der Waals surface area contributed by atoms with Gasteiger partial charge in [0, 0.05) is 30.4 Å². The smallest absolute Gasteiger partial charge is 0.335 e. The number of aromatic nitrogens is 4. The quantitative estimate of drug-likeness (QED) is 0.458. The van der Waals surface area contributed by atoms with Gasteiger partial charge in [-0.2, -0.15) is 18.2 Å². The Balaban J connectivity index is 1.55. The van der Waals surface area contributed by atoms with Crippen LogP contribution < -0.4 is 0 Å². The summed E-state index contributed by atoms with van der Waals surface area (Å²) in [7, 11) is 0. The van der Waals surface area contributed by atoms with Crippen LogP contribution in [0.3, 0.4) is 0 Å². The van der Waals surface area contributed by atoms with E-state index in [1.165, 1.54) is 12.1 Å². The molecule has 2 aromatic heterocycles. The molecule has 0 spiro atoms. The van der Waals surface area contributed by atoms with Crippen LogP contribution in [0, 0.1) is 19.7 Å². The van der Waals surface area contributed by atoms with Crippen molar-refractivity contribution in [1.29, 1.82) is 0 Å². The van der Waals surface area contributed by atoms with Crippen molar-refractivity contribution in [2.45, 2.75) is 77.6 Å². The maximum absolute atomic E-state index is 13.4. The molecule has 0 unspecified atom stereocenters. The lowest BCUT2D eigenvalue weighted by Crippen LogP contribution is -2.41. The maximum Gasteiger partial charge on any atom is 0.453 e. The first kappa shape index (κ1) is 24.1. The summed E-state index contributed by atoms with van der Waals surface area (Å²) in [6.45, 7) is 3.76. The van der Waals surface area contributed by atoms with Gasteiger partial charge in [0.2, 0.25) is 5.91 Å². The third-order valence-corrected chi connectivity index (χ3v) is 6.49. The molecule has 0 radical (unpaired) electrons. The van der Waals surface area contributed by atoms with Crippen LogP contribution in [-0.4, -0.2) is 36.4 Å². The normalized spacial score (nSPS) is 15.1. The molecule has 0 saturated heterocycles. The average Bonchev–Trinajstić information content (AvgIpc) is 3.24. The largest absolute Gasteiger partial charge is 0.453 e. The molecule has 2 heterocycles. The zero-order valence-electron chi connectivity index (χ0n) is 19.2. The molecule has 4 rings (SSSR count). The van der Waals surface area contributed by atoms with Crippen molar-refractivity contribution in [2.75, 3.05) is 0 Å². The van der Waals surface area contributed by atoms with E-state index in [-0.39, 0.29) is 30.0 Å². The zero-order chi connectivity index (χ0) is 24.5. The first-order valence-corrected chi connectivity index (χ1v) is 11.5.